The molecule has 0 unspecified atom stereocenters. The lowest BCUT2D eigenvalue weighted by Gasteiger charge is -2.10. The Hall–Kier alpha value is -2.17. The van der Waals surface area contributed by atoms with Gasteiger partial charge in [0.2, 0.25) is 0 Å². The van der Waals surface area contributed by atoms with Gasteiger partial charge in [-0.1, -0.05) is 0 Å². The molecule has 4 nitrogen and oxygen atoms in total. The van der Waals surface area contributed by atoms with Gasteiger partial charge in [-0.05, 0) is 19.1 Å². The summed E-state index contributed by atoms with van der Waals surface area (Å²) < 4.78 is 19.0. The van der Waals surface area contributed by atoms with Crippen molar-refractivity contribution in [3.05, 3.63) is 35.9 Å². The lowest BCUT2D eigenvalue weighted by atomic mass is 10.1. The first-order chi connectivity index (χ1) is 8.67. The third-order valence-electron chi connectivity index (χ3n) is 2.75. The van der Waals surface area contributed by atoms with Gasteiger partial charge in [0.1, 0.15) is 23.7 Å². The Morgan fingerprint density at radius 3 is 2.67 bits per heavy atom. The number of methoxy groups -OCH3 is 1. The maximum atomic E-state index is 14.0. The van der Waals surface area contributed by atoms with E-state index in [2.05, 4.69) is 15.3 Å². The fourth-order valence-corrected chi connectivity index (χ4v) is 1.79. The van der Waals surface area contributed by atoms with Crippen LogP contribution >= 0.6 is 0 Å². The Morgan fingerprint density at radius 1 is 1.28 bits per heavy atom. The summed E-state index contributed by atoms with van der Waals surface area (Å²) in [5.74, 6) is 0.810. The van der Waals surface area contributed by atoms with Gasteiger partial charge in [0.15, 0.2) is 0 Å². The molecule has 0 bridgehead atoms. The number of anilines is 1. The summed E-state index contributed by atoms with van der Waals surface area (Å²) >= 11 is 0. The molecular weight excluding hydrogens is 233 g/mol. The standard InChI is InChI=1S/C13H14FN3O/c1-8-12(16-7-17-13(8)15-2)10-5-4-9(18-3)6-11(10)14/h4-7H,1-3H3,(H,15,16,17). The van der Waals surface area contributed by atoms with Gasteiger partial charge in [0.25, 0.3) is 0 Å². The number of halogens is 1. The summed E-state index contributed by atoms with van der Waals surface area (Å²) in [6.45, 7) is 1.85. The highest BCUT2D eigenvalue weighted by Gasteiger charge is 2.12. The van der Waals surface area contributed by atoms with Gasteiger partial charge in [-0.15, -0.1) is 0 Å². The molecule has 0 atom stereocenters. The molecule has 0 aliphatic rings. The zero-order valence-electron chi connectivity index (χ0n) is 10.5. The predicted octanol–water partition coefficient (Wildman–Crippen LogP) is 2.64. The number of ether oxygens (including phenoxy) is 1. The average molecular weight is 247 g/mol. The molecule has 0 amide bonds. The number of benzene rings is 1. The smallest absolute Gasteiger partial charge is 0.136 e. The van der Waals surface area contributed by atoms with Crippen molar-refractivity contribution in [2.24, 2.45) is 0 Å². The highest BCUT2D eigenvalue weighted by Crippen LogP contribution is 2.28. The molecule has 5 heteroatoms. The molecule has 0 aliphatic heterocycles. The quantitative estimate of drug-likeness (QED) is 0.905. The largest absolute Gasteiger partial charge is 0.497 e. The van der Waals surface area contributed by atoms with E-state index in [9.17, 15) is 4.39 Å². The van der Waals surface area contributed by atoms with E-state index in [1.54, 1.807) is 19.2 Å². The van der Waals surface area contributed by atoms with E-state index < -0.39 is 0 Å². The maximum Gasteiger partial charge on any atom is 0.136 e. The normalized spacial score (nSPS) is 10.2. The van der Waals surface area contributed by atoms with Crippen LogP contribution in [0, 0.1) is 12.7 Å². The Balaban J connectivity index is 2.55. The molecule has 1 aromatic carbocycles. The van der Waals surface area contributed by atoms with Gasteiger partial charge in [-0.25, -0.2) is 14.4 Å². The van der Waals surface area contributed by atoms with Gasteiger partial charge in [0, 0.05) is 24.2 Å². The summed E-state index contributed by atoms with van der Waals surface area (Å²) in [6.07, 6.45) is 1.41. The van der Waals surface area contributed by atoms with E-state index in [0.717, 1.165) is 5.56 Å². The zero-order chi connectivity index (χ0) is 13.1. The molecule has 18 heavy (non-hydrogen) atoms. The van der Waals surface area contributed by atoms with Crippen molar-refractivity contribution in [2.75, 3.05) is 19.5 Å². The summed E-state index contributed by atoms with van der Waals surface area (Å²) in [5.41, 5.74) is 1.82. The lowest BCUT2D eigenvalue weighted by molar-refractivity contribution is 0.411. The Kier molecular flexibility index (Phi) is 3.41. The second-order valence-electron chi connectivity index (χ2n) is 3.79. The van der Waals surface area contributed by atoms with Gasteiger partial charge in [-0.3, -0.25) is 0 Å². The molecule has 0 spiro atoms. The van der Waals surface area contributed by atoms with Crippen LogP contribution in [0.1, 0.15) is 5.56 Å². The van der Waals surface area contributed by atoms with E-state index >= 15 is 0 Å². The molecule has 1 N–H and O–H groups in total. The maximum absolute atomic E-state index is 14.0. The molecule has 1 aromatic heterocycles. The first kappa shape index (κ1) is 12.3. The minimum absolute atomic E-state index is 0.363. The molecule has 0 radical (unpaired) electrons. The van der Waals surface area contributed by atoms with Crippen LogP contribution in [0.3, 0.4) is 0 Å². The first-order valence-electron chi connectivity index (χ1n) is 5.50. The number of aromatic nitrogens is 2. The van der Waals surface area contributed by atoms with E-state index in [1.807, 2.05) is 6.92 Å². The fourth-order valence-electron chi connectivity index (χ4n) is 1.79. The van der Waals surface area contributed by atoms with E-state index in [-0.39, 0.29) is 5.82 Å². The first-order valence-corrected chi connectivity index (χ1v) is 5.50. The zero-order valence-corrected chi connectivity index (χ0v) is 10.5. The molecule has 2 aromatic rings. The van der Waals surface area contributed by atoms with Crippen molar-refractivity contribution >= 4 is 5.82 Å². The van der Waals surface area contributed by atoms with Gasteiger partial charge in [-0.2, -0.15) is 0 Å². The molecular formula is C13H14FN3O. The minimum atomic E-state index is -0.363. The Bertz CT molecular complexity index is 572. The molecule has 94 valence electrons. The number of nitrogens with one attached hydrogen (secondary N) is 1. The summed E-state index contributed by atoms with van der Waals surface area (Å²) in [5, 5.41) is 2.95. The van der Waals surface area contributed by atoms with Crippen LogP contribution in [0.15, 0.2) is 24.5 Å². The number of rotatable bonds is 3. The van der Waals surface area contributed by atoms with Crippen LogP contribution in [0.2, 0.25) is 0 Å². The second-order valence-corrected chi connectivity index (χ2v) is 3.79. The van der Waals surface area contributed by atoms with Crippen LogP contribution in [0.5, 0.6) is 5.75 Å². The van der Waals surface area contributed by atoms with Gasteiger partial charge < -0.3 is 10.1 Å². The lowest BCUT2D eigenvalue weighted by Crippen LogP contribution is -2.00. The van der Waals surface area contributed by atoms with Crippen LogP contribution in [0.4, 0.5) is 10.2 Å². The van der Waals surface area contributed by atoms with Crippen molar-refractivity contribution in [3.8, 4) is 17.0 Å². The van der Waals surface area contributed by atoms with Crippen LogP contribution < -0.4 is 10.1 Å². The van der Waals surface area contributed by atoms with Crippen molar-refractivity contribution in [1.82, 2.24) is 9.97 Å². The molecule has 1 heterocycles. The number of nitrogens with zero attached hydrogens (tertiary/aromatic N) is 2. The van der Waals surface area contributed by atoms with Gasteiger partial charge in [0.05, 0.1) is 12.8 Å². The van der Waals surface area contributed by atoms with E-state index in [4.69, 9.17) is 4.74 Å². The molecule has 0 fully saturated rings. The van der Waals surface area contributed by atoms with E-state index in [0.29, 0.717) is 22.8 Å². The molecule has 0 aliphatic carbocycles. The minimum Gasteiger partial charge on any atom is -0.497 e. The van der Waals surface area contributed by atoms with Gasteiger partial charge >= 0.3 is 0 Å². The monoisotopic (exact) mass is 247 g/mol. The molecule has 0 saturated heterocycles. The van der Waals surface area contributed by atoms with Crippen molar-refractivity contribution in [3.63, 3.8) is 0 Å². The van der Waals surface area contributed by atoms with Crippen molar-refractivity contribution in [1.29, 1.82) is 0 Å². The predicted molar refractivity (Wildman–Crippen MR) is 68.3 cm³/mol. The third-order valence-corrected chi connectivity index (χ3v) is 2.75. The third kappa shape index (κ3) is 2.11. The molecule has 2 rings (SSSR count). The Labute approximate surface area is 105 Å². The number of hydrogen-bond acceptors (Lipinski definition) is 4. The number of hydrogen-bond donors (Lipinski definition) is 1. The second kappa shape index (κ2) is 5.00. The highest BCUT2D eigenvalue weighted by atomic mass is 19.1. The summed E-state index contributed by atoms with van der Waals surface area (Å²) in [4.78, 5) is 8.22. The molecule has 0 saturated carbocycles. The van der Waals surface area contributed by atoms with Crippen LogP contribution in [-0.4, -0.2) is 24.1 Å². The van der Waals surface area contributed by atoms with Crippen LogP contribution in [-0.2, 0) is 0 Å². The Morgan fingerprint density at radius 2 is 2.06 bits per heavy atom. The summed E-state index contributed by atoms with van der Waals surface area (Å²) in [6, 6.07) is 4.71. The average Bonchev–Trinajstić information content (AvgIpc) is 2.39. The topological polar surface area (TPSA) is 47.0 Å². The van der Waals surface area contributed by atoms with Crippen molar-refractivity contribution < 1.29 is 9.13 Å². The SMILES string of the molecule is CNc1ncnc(-c2ccc(OC)cc2F)c1C. The van der Waals surface area contributed by atoms with E-state index in [1.165, 1.54) is 19.5 Å². The summed E-state index contributed by atoms with van der Waals surface area (Å²) in [7, 11) is 3.27. The highest BCUT2D eigenvalue weighted by molar-refractivity contribution is 5.68. The van der Waals surface area contributed by atoms with Crippen molar-refractivity contribution in [2.45, 2.75) is 6.92 Å². The van der Waals surface area contributed by atoms with Crippen LogP contribution in [0.25, 0.3) is 11.3 Å². The fraction of sp³-hybridized carbons (Fsp3) is 0.231.